The number of hydrogen-bond donors (Lipinski definition) is 0. The van der Waals surface area contributed by atoms with Crippen molar-refractivity contribution in [2.75, 3.05) is 30.4 Å². The SMILES string of the molecule is CCCCCCN1c2c(sc3cc(/C=C/C4=C(C#N)C(=C(C#N)C#N)OC4(C)C)sc23)-c2sc3cc(-c4ccc(N(C)C)cc4)sc3c2C1(CCCCCC)CCCCCC. The van der Waals surface area contributed by atoms with Crippen LogP contribution in [0.3, 0.4) is 0 Å². The van der Waals surface area contributed by atoms with Gasteiger partial charge in [-0.2, -0.15) is 15.8 Å². The molecule has 7 rings (SSSR count). The van der Waals surface area contributed by atoms with Crippen LogP contribution in [0.15, 0.2) is 65.0 Å². The van der Waals surface area contributed by atoms with Gasteiger partial charge in [0.2, 0.25) is 0 Å². The molecule has 0 amide bonds. The normalized spacial score (nSPS) is 15.3. The molecule has 1 aromatic carbocycles. The Balaban J connectivity index is 1.41. The fraction of sp³-hybridized carbons (Fsp3) is 0.471. The van der Waals surface area contributed by atoms with Crippen LogP contribution in [0, 0.1) is 34.0 Å². The predicted octanol–water partition coefficient (Wildman–Crippen LogP) is 16.1. The average Bonchev–Trinajstić information content (AvgIpc) is 4.05. The molecule has 0 spiro atoms. The largest absolute Gasteiger partial charge is 0.480 e. The number of nitrogens with zero attached hydrogens (tertiary/aromatic N) is 5. The highest BCUT2D eigenvalue weighted by molar-refractivity contribution is 7.35. The van der Waals surface area contributed by atoms with Gasteiger partial charge in [0.1, 0.15) is 29.4 Å². The van der Waals surface area contributed by atoms with E-state index >= 15 is 0 Å². The summed E-state index contributed by atoms with van der Waals surface area (Å²) in [5.41, 5.74) is 5.36. The first-order chi connectivity index (χ1) is 29.5. The van der Waals surface area contributed by atoms with Crippen molar-refractivity contribution in [3.05, 3.63) is 75.4 Å². The zero-order valence-corrected chi connectivity index (χ0v) is 40.3. The molecule has 0 fully saturated rings. The van der Waals surface area contributed by atoms with E-state index in [1.165, 1.54) is 127 Å². The maximum absolute atomic E-state index is 10.2. The number of fused-ring (bicyclic) bond motifs is 7. The average molecular weight is 886 g/mol. The number of hydrogen-bond acceptors (Lipinski definition) is 10. The van der Waals surface area contributed by atoms with Crippen molar-refractivity contribution in [1.82, 2.24) is 0 Å². The zero-order valence-electron chi connectivity index (χ0n) is 37.0. The Hall–Kier alpha value is -4.37. The van der Waals surface area contributed by atoms with E-state index in [-0.39, 0.29) is 22.4 Å². The summed E-state index contributed by atoms with van der Waals surface area (Å²) in [4.78, 5) is 10.5. The maximum atomic E-state index is 10.2. The lowest BCUT2D eigenvalue weighted by Gasteiger charge is -2.49. The second-order valence-electron chi connectivity index (χ2n) is 17.3. The van der Waals surface area contributed by atoms with Gasteiger partial charge in [0, 0.05) is 56.6 Å². The van der Waals surface area contributed by atoms with Crippen molar-refractivity contribution in [1.29, 1.82) is 15.8 Å². The lowest BCUT2D eigenvalue weighted by molar-refractivity contribution is 0.0954. The van der Waals surface area contributed by atoms with Crippen LogP contribution in [-0.4, -0.2) is 26.2 Å². The highest BCUT2D eigenvalue weighted by Gasteiger charge is 2.48. The molecule has 318 valence electrons. The molecule has 0 saturated carbocycles. The summed E-state index contributed by atoms with van der Waals surface area (Å²) in [6.07, 6.45) is 21.2. The van der Waals surface area contributed by atoms with Gasteiger partial charge in [-0.25, -0.2) is 0 Å². The number of nitriles is 3. The van der Waals surface area contributed by atoms with Crippen molar-refractivity contribution < 1.29 is 4.74 Å². The van der Waals surface area contributed by atoms with Gasteiger partial charge >= 0.3 is 0 Å². The van der Waals surface area contributed by atoms with Crippen molar-refractivity contribution in [3.8, 4) is 38.4 Å². The van der Waals surface area contributed by atoms with Gasteiger partial charge in [0.25, 0.3) is 0 Å². The van der Waals surface area contributed by atoms with Crippen LogP contribution in [-0.2, 0) is 10.3 Å². The van der Waals surface area contributed by atoms with E-state index in [1.807, 2.05) is 77.4 Å². The molecule has 0 aliphatic carbocycles. The standard InChI is InChI=1S/C51H59N5OS4/c1-8-11-14-17-26-51(27-18-15-12-9-2)43-46-42(30-40(59-46)34-20-22-36(23-21-34)55(6)7)60-48(43)49-44(56(51)28-19-16-13-10-3)47-41(61-49)29-37(58-47)24-25-39-38(33-54)45(35(31-52)32-53)57-50(39,4)5/h20-25,29-30H,8-19,26-28H2,1-7H3/b25-24+. The van der Waals surface area contributed by atoms with E-state index in [4.69, 9.17) is 4.74 Å². The smallest absolute Gasteiger partial charge is 0.172 e. The second-order valence-corrected chi connectivity index (χ2v) is 21.6. The Bertz CT molecular complexity index is 2560. The highest BCUT2D eigenvalue weighted by atomic mass is 32.1. The molecule has 0 atom stereocenters. The Morgan fingerprint density at radius 3 is 1.97 bits per heavy atom. The lowest BCUT2D eigenvalue weighted by atomic mass is 9.76. The molecular formula is C51H59N5OS4. The van der Waals surface area contributed by atoms with Crippen LogP contribution in [0.1, 0.15) is 135 Å². The van der Waals surface area contributed by atoms with E-state index in [0.717, 1.165) is 24.3 Å². The monoisotopic (exact) mass is 885 g/mol. The van der Waals surface area contributed by atoms with Gasteiger partial charge in [-0.05, 0) is 69.0 Å². The molecule has 2 aliphatic rings. The number of allylic oxidation sites excluding steroid dienone is 2. The topological polar surface area (TPSA) is 87.1 Å². The van der Waals surface area contributed by atoms with Crippen molar-refractivity contribution >= 4 is 81.6 Å². The van der Waals surface area contributed by atoms with Gasteiger partial charge in [-0.15, -0.1) is 45.3 Å². The zero-order chi connectivity index (χ0) is 43.3. The molecule has 0 bridgehead atoms. The van der Waals surface area contributed by atoms with E-state index in [9.17, 15) is 15.8 Å². The van der Waals surface area contributed by atoms with Crippen LogP contribution < -0.4 is 9.80 Å². The Morgan fingerprint density at radius 2 is 1.36 bits per heavy atom. The van der Waals surface area contributed by atoms with Crippen molar-refractivity contribution in [3.63, 3.8) is 0 Å². The van der Waals surface area contributed by atoms with E-state index in [0.29, 0.717) is 5.57 Å². The minimum absolute atomic E-state index is 0.0762. The number of ether oxygens (including phenoxy) is 1. The molecule has 4 aromatic heterocycles. The van der Waals surface area contributed by atoms with Crippen LogP contribution in [0.4, 0.5) is 11.4 Å². The Kier molecular flexibility index (Phi) is 14.2. The quantitative estimate of drug-likeness (QED) is 0.0606. The van der Waals surface area contributed by atoms with Crippen molar-refractivity contribution in [2.45, 2.75) is 136 Å². The number of benzene rings is 1. The molecule has 0 saturated heterocycles. The molecule has 2 aliphatic heterocycles. The summed E-state index contributed by atoms with van der Waals surface area (Å²) in [6, 6.07) is 19.9. The van der Waals surface area contributed by atoms with Crippen LogP contribution in [0.25, 0.3) is 45.1 Å². The van der Waals surface area contributed by atoms with Crippen LogP contribution >= 0.6 is 45.3 Å². The molecule has 0 unspecified atom stereocenters. The molecular weight excluding hydrogens is 827 g/mol. The molecule has 5 aromatic rings. The Morgan fingerprint density at radius 1 is 0.738 bits per heavy atom. The third-order valence-corrected chi connectivity index (χ3v) is 17.4. The summed E-state index contributed by atoms with van der Waals surface area (Å²) < 4.78 is 11.7. The van der Waals surface area contributed by atoms with E-state index in [1.54, 1.807) is 5.56 Å². The van der Waals surface area contributed by atoms with Gasteiger partial charge < -0.3 is 14.5 Å². The minimum atomic E-state index is -0.855. The number of thiophene rings is 4. The summed E-state index contributed by atoms with van der Waals surface area (Å²) in [7, 11) is 4.21. The summed E-state index contributed by atoms with van der Waals surface area (Å²) in [5.74, 6) is 0.0762. The minimum Gasteiger partial charge on any atom is -0.480 e. The number of anilines is 2. The molecule has 10 heteroatoms. The second kappa shape index (κ2) is 19.3. The third-order valence-electron chi connectivity index (χ3n) is 12.5. The highest BCUT2D eigenvalue weighted by Crippen LogP contribution is 2.64. The van der Waals surface area contributed by atoms with E-state index < -0.39 is 5.60 Å². The van der Waals surface area contributed by atoms with Gasteiger partial charge in [-0.3, -0.25) is 0 Å². The Labute approximate surface area is 379 Å². The van der Waals surface area contributed by atoms with Gasteiger partial charge in [-0.1, -0.05) is 110 Å². The first kappa shape index (κ1) is 44.7. The summed E-state index contributed by atoms with van der Waals surface area (Å²) in [5, 5.41) is 29.4. The molecule has 6 nitrogen and oxygen atoms in total. The first-order valence-electron chi connectivity index (χ1n) is 22.3. The summed E-state index contributed by atoms with van der Waals surface area (Å²) >= 11 is 7.83. The van der Waals surface area contributed by atoms with Gasteiger partial charge in [0.15, 0.2) is 11.3 Å². The number of rotatable bonds is 19. The maximum Gasteiger partial charge on any atom is 0.172 e. The van der Waals surface area contributed by atoms with Crippen molar-refractivity contribution in [2.24, 2.45) is 0 Å². The molecule has 61 heavy (non-hydrogen) atoms. The predicted molar refractivity (Wildman–Crippen MR) is 264 cm³/mol. The molecule has 6 heterocycles. The number of unbranched alkanes of at least 4 members (excludes halogenated alkanes) is 9. The fourth-order valence-corrected chi connectivity index (χ4v) is 14.8. The van der Waals surface area contributed by atoms with Crippen LogP contribution in [0.5, 0.6) is 0 Å². The first-order valence-corrected chi connectivity index (χ1v) is 25.6. The fourth-order valence-electron chi connectivity index (χ4n) is 9.27. The molecule has 0 N–H and O–H groups in total. The lowest BCUT2D eigenvalue weighted by Crippen LogP contribution is -2.49. The van der Waals surface area contributed by atoms with Gasteiger partial charge in [0.05, 0.1) is 30.4 Å². The van der Waals surface area contributed by atoms with E-state index in [2.05, 4.69) is 93.2 Å². The third kappa shape index (κ3) is 8.70. The molecule has 0 radical (unpaired) electrons. The summed E-state index contributed by atoms with van der Waals surface area (Å²) in [6.45, 7) is 11.8. The van der Waals surface area contributed by atoms with Crippen LogP contribution in [0.2, 0.25) is 0 Å².